The highest BCUT2D eigenvalue weighted by molar-refractivity contribution is 5.92. The second-order valence-corrected chi connectivity index (χ2v) is 5.43. The van der Waals surface area contributed by atoms with Crippen molar-refractivity contribution in [3.05, 3.63) is 46.8 Å². The lowest BCUT2D eigenvalue weighted by Gasteiger charge is -2.21. The summed E-state index contributed by atoms with van der Waals surface area (Å²) in [7, 11) is 0. The molecule has 0 spiro atoms. The quantitative estimate of drug-likeness (QED) is 0.817. The Labute approximate surface area is 142 Å². The predicted molar refractivity (Wildman–Crippen MR) is 92.0 cm³/mol. The molecule has 0 bridgehead atoms. The molecule has 1 atom stereocenters. The van der Waals surface area contributed by atoms with Gasteiger partial charge in [-0.3, -0.25) is 0 Å². The maximum Gasteiger partial charge on any atom is 0.342 e. The molecule has 2 N–H and O–H groups in total. The van der Waals surface area contributed by atoms with Gasteiger partial charge in [-0.15, -0.1) is 0 Å². The number of nitrogens with two attached hydrogens (primary N) is 1. The van der Waals surface area contributed by atoms with Gasteiger partial charge in [-0.2, -0.15) is 0 Å². The molecule has 0 aliphatic rings. The zero-order chi connectivity index (χ0) is 17.7. The fourth-order valence-corrected chi connectivity index (χ4v) is 2.48. The van der Waals surface area contributed by atoms with Crippen molar-refractivity contribution in [3.8, 4) is 5.75 Å². The number of hydrogen-bond acceptors (Lipinski definition) is 6. The van der Waals surface area contributed by atoms with Crippen LogP contribution in [0, 0.1) is 13.8 Å². The molecule has 0 aliphatic heterocycles. The summed E-state index contributed by atoms with van der Waals surface area (Å²) in [5, 5.41) is 0. The number of carbonyl (C=O) groups is 1. The van der Waals surface area contributed by atoms with Crippen LogP contribution in [0.15, 0.2) is 24.3 Å². The van der Waals surface area contributed by atoms with Crippen molar-refractivity contribution in [2.45, 2.75) is 40.2 Å². The van der Waals surface area contributed by atoms with E-state index in [2.05, 4.69) is 9.97 Å². The zero-order valence-electron chi connectivity index (χ0n) is 14.5. The van der Waals surface area contributed by atoms with Crippen LogP contribution in [-0.4, -0.2) is 22.5 Å². The monoisotopic (exact) mass is 329 g/mol. The van der Waals surface area contributed by atoms with E-state index in [4.69, 9.17) is 15.2 Å². The molecule has 1 aromatic heterocycles. The lowest BCUT2D eigenvalue weighted by molar-refractivity contribution is 0.0517. The third kappa shape index (κ3) is 3.82. The first-order chi connectivity index (χ1) is 11.5. The Morgan fingerprint density at radius 2 is 1.92 bits per heavy atom. The lowest BCUT2D eigenvalue weighted by atomic mass is 10.1. The van der Waals surface area contributed by atoms with Crippen LogP contribution in [0.2, 0.25) is 0 Å². The average Bonchev–Trinajstić information content (AvgIpc) is 2.53. The first kappa shape index (κ1) is 17.7. The van der Waals surface area contributed by atoms with Gasteiger partial charge in [0.2, 0.25) is 5.95 Å². The molecule has 0 amide bonds. The summed E-state index contributed by atoms with van der Waals surface area (Å²) in [6, 6.07) is 7.70. The number of carbonyl (C=O) groups excluding carboxylic acids is 1. The second-order valence-electron chi connectivity index (χ2n) is 5.43. The van der Waals surface area contributed by atoms with Gasteiger partial charge in [-0.05, 0) is 38.8 Å². The van der Waals surface area contributed by atoms with Crippen molar-refractivity contribution in [2.75, 3.05) is 12.3 Å². The minimum Gasteiger partial charge on any atom is -0.484 e. The molecule has 0 saturated carbocycles. The van der Waals surface area contributed by atoms with Crippen molar-refractivity contribution in [2.24, 2.45) is 0 Å². The predicted octanol–water partition coefficient (Wildman–Crippen LogP) is 3.38. The molecule has 0 fully saturated rings. The van der Waals surface area contributed by atoms with Crippen LogP contribution in [0.3, 0.4) is 0 Å². The molecule has 2 aromatic rings. The fraction of sp³-hybridized carbons (Fsp3) is 0.389. The highest BCUT2D eigenvalue weighted by atomic mass is 16.5. The minimum absolute atomic E-state index is 0.113. The first-order valence-corrected chi connectivity index (χ1v) is 8.01. The molecular formula is C18H23N3O3. The van der Waals surface area contributed by atoms with Crippen LogP contribution in [0.25, 0.3) is 0 Å². The number of hydrogen-bond donors (Lipinski definition) is 1. The molecule has 6 nitrogen and oxygen atoms in total. The Morgan fingerprint density at radius 1 is 1.21 bits per heavy atom. The van der Waals surface area contributed by atoms with Gasteiger partial charge in [0.1, 0.15) is 23.1 Å². The van der Waals surface area contributed by atoms with Crippen LogP contribution < -0.4 is 10.5 Å². The number of ether oxygens (including phenoxy) is 2. The Bertz CT molecular complexity index is 731. The molecule has 0 saturated heterocycles. The lowest BCUT2D eigenvalue weighted by Crippen LogP contribution is -2.20. The molecule has 0 radical (unpaired) electrons. The summed E-state index contributed by atoms with van der Waals surface area (Å²) in [5.74, 6) is 0.396. The molecule has 6 heteroatoms. The minimum atomic E-state index is -0.461. The van der Waals surface area contributed by atoms with E-state index in [1.807, 2.05) is 38.1 Å². The number of aromatic nitrogens is 2. The van der Waals surface area contributed by atoms with Gasteiger partial charge in [0.25, 0.3) is 0 Å². The molecule has 2 rings (SSSR count). The van der Waals surface area contributed by atoms with Crippen molar-refractivity contribution in [1.29, 1.82) is 0 Å². The van der Waals surface area contributed by atoms with E-state index < -0.39 is 12.1 Å². The van der Waals surface area contributed by atoms with E-state index in [-0.39, 0.29) is 12.6 Å². The maximum absolute atomic E-state index is 12.3. The first-order valence-electron chi connectivity index (χ1n) is 8.01. The van der Waals surface area contributed by atoms with Crippen LogP contribution in [0.4, 0.5) is 5.95 Å². The molecule has 24 heavy (non-hydrogen) atoms. The summed E-state index contributed by atoms with van der Waals surface area (Å²) in [5.41, 5.74) is 8.07. The van der Waals surface area contributed by atoms with E-state index in [1.54, 1.807) is 13.8 Å². The average molecular weight is 329 g/mol. The number of anilines is 1. The summed E-state index contributed by atoms with van der Waals surface area (Å²) in [4.78, 5) is 20.7. The van der Waals surface area contributed by atoms with Crippen LogP contribution in [0.5, 0.6) is 5.75 Å². The van der Waals surface area contributed by atoms with Gasteiger partial charge >= 0.3 is 5.97 Å². The van der Waals surface area contributed by atoms with Gasteiger partial charge in [0.05, 0.1) is 12.3 Å². The smallest absolute Gasteiger partial charge is 0.342 e. The Hall–Kier alpha value is -2.63. The molecule has 128 valence electrons. The number of para-hydroxylation sites is 1. The largest absolute Gasteiger partial charge is 0.484 e. The third-order valence-electron chi connectivity index (χ3n) is 3.65. The standard InChI is InChI=1S/C18H23N3O3/c1-5-13(24-14-10-8-7-9-11(14)3)16-15(17(22)23-6-2)12(4)20-18(19)21-16/h7-10,13H,5-6H2,1-4H3,(H2,19,20,21). The topological polar surface area (TPSA) is 87.3 Å². The molecule has 1 heterocycles. The van der Waals surface area contributed by atoms with Gasteiger partial charge < -0.3 is 15.2 Å². The maximum atomic E-state index is 12.3. The SMILES string of the molecule is CCOC(=O)c1c(C)nc(N)nc1C(CC)Oc1ccccc1C. The summed E-state index contributed by atoms with van der Waals surface area (Å²) in [6.45, 7) is 7.68. The van der Waals surface area contributed by atoms with Crippen LogP contribution in [0.1, 0.15) is 53.7 Å². The normalized spacial score (nSPS) is 11.8. The summed E-state index contributed by atoms with van der Waals surface area (Å²) >= 11 is 0. The number of rotatable bonds is 6. The zero-order valence-corrected chi connectivity index (χ0v) is 14.5. The van der Waals surface area contributed by atoms with E-state index in [9.17, 15) is 4.79 Å². The van der Waals surface area contributed by atoms with Crippen LogP contribution in [-0.2, 0) is 4.74 Å². The number of esters is 1. The van der Waals surface area contributed by atoms with E-state index in [1.165, 1.54) is 0 Å². The number of aryl methyl sites for hydroxylation is 2. The van der Waals surface area contributed by atoms with Gasteiger partial charge in [0, 0.05) is 0 Å². The summed E-state index contributed by atoms with van der Waals surface area (Å²) < 4.78 is 11.2. The van der Waals surface area contributed by atoms with Crippen molar-refractivity contribution in [3.63, 3.8) is 0 Å². The Morgan fingerprint density at radius 3 is 2.54 bits per heavy atom. The highest BCUT2D eigenvalue weighted by Gasteiger charge is 2.26. The van der Waals surface area contributed by atoms with Crippen molar-refractivity contribution < 1.29 is 14.3 Å². The summed E-state index contributed by atoms with van der Waals surface area (Å²) in [6.07, 6.45) is 0.200. The molecule has 1 unspecified atom stereocenters. The molecule has 0 aliphatic carbocycles. The van der Waals surface area contributed by atoms with Gasteiger partial charge in [-0.25, -0.2) is 14.8 Å². The van der Waals surface area contributed by atoms with Crippen molar-refractivity contribution >= 4 is 11.9 Å². The molecular weight excluding hydrogens is 306 g/mol. The molecule has 1 aromatic carbocycles. The van der Waals surface area contributed by atoms with Crippen LogP contribution >= 0.6 is 0 Å². The van der Waals surface area contributed by atoms with E-state index in [0.29, 0.717) is 23.4 Å². The number of nitrogen functional groups attached to an aromatic ring is 1. The Kier molecular flexibility index (Phi) is 5.73. The van der Waals surface area contributed by atoms with E-state index in [0.717, 1.165) is 11.3 Å². The van der Waals surface area contributed by atoms with Gasteiger partial charge in [0.15, 0.2) is 0 Å². The van der Waals surface area contributed by atoms with E-state index >= 15 is 0 Å². The fourth-order valence-electron chi connectivity index (χ4n) is 2.48. The van der Waals surface area contributed by atoms with Gasteiger partial charge in [-0.1, -0.05) is 25.1 Å². The third-order valence-corrected chi connectivity index (χ3v) is 3.65. The number of nitrogens with zero attached hydrogens (tertiary/aromatic N) is 2. The van der Waals surface area contributed by atoms with Crippen molar-refractivity contribution in [1.82, 2.24) is 9.97 Å². The Balaban J connectivity index is 2.47. The number of benzene rings is 1. The second kappa shape index (κ2) is 7.77. The highest BCUT2D eigenvalue weighted by Crippen LogP contribution is 2.29.